The van der Waals surface area contributed by atoms with Gasteiger partial charge in [-0.25, -0.2) is 0 Å². The standard InChI is InChI=1S/C20H24N2O2S/c1-23-17-13-15-8-11-22(10-5-3-4-9-21)20(19-7-6-12-25-19)16(15)14-18(17)24-2/h6-7,12-14,20H,3-5,8,10-11H2,1-2H3/t20-/m0/s1. The third-order valence-electron chi connectivity index (χ3n) is 4.77. The van der Waals surface area contributed by atoms with Crippen LogP contribution in [0.1, 0.15) is 41.3 Å². The van der Waals surface area contributed by atoms with E-state index in [0.717, 1.165) is 43.9 Å². The second-order valence-corrected chi connectivity index (χ2v) is 7.20. The van der Waals surface area contributed by atoms with E-state index in [9.17, 15) is 0 Å². The van der Waals surface area contributed by atoms with Crippen molar-refractivity contribution in [3.8, 4) is 17.6 Å². The molecule has 3 rings (SSSR count). The zero-order chi connectivity index (χ0) is 17.6. The molecule has 0 amide bonds. The Morgan fingerprint density at radius 3 is 2.72 bits per heavy atom. The number of benzene rings is 1. The first-order valence-corrected chi connectivity index (χ1v) is 9.55. The Balaban J connectivity index is 1.93. The second kappa shape index (κ2) is 8.37. The monoisotopic (exact) mass is 356 g/mol. The fraction of sp³-hybridized carbons (Fsp3) is 0.450. The van der Waals surface area contributed by atoms with Gasteiger partial charge in [-0.2, -0.15) is 5.26 Å². The zero-order valence-corrected chi connectivity index (χ0v) is 15.6. The van der Waals surface area contributed by atoms with Crippen LogP contribution in [0.3, 0.4) is 0 Å². The summed E-state index contributed by atoms with van der Waals surface area (Å²) in [5.74, 6) is 1.59. The highest BCUT2D eigenvalue weighted by Gasteiger charge is 2.30. The number of thiophene rings is 1. The summed E-state index contributed by atoms with van der Waals surface area (Å²) < 4.78 is 11.0. The van der Waals surface area contributed by atoms with Crippen molar-refractivity contribution in [2.75, 3.05) is 27.3 Å². The van der Waals surface area contributed by atoms with E-state index < -0.39 is 0 Å². The van der Waals surface area contributed by atoms with Gasteiger partial charge in [-0.3, -0.25) is 4.90 Å². The van der Waals surface area contributed by atoms with Crippen LogP contribution in [0.25, 0.3) is 0 Å². The fourth-order valence-electron chi connectivity index (χ4n) is 3.54. The van der Waals surface area contributed by atoms with Crippen molar-refractivity contribution in [3.63, 3.8) is 0 Å². The molecule has 0 unspecified atom stereocenters. The van der Waals surface area contributed by atoms with Gasteiger partial charge < -0.3 is 9.47 Å². The molecule has 1 aromatic heterocycles. The number of unbranched alkanes of at least 4 members (excludes halogenated alkanes) is 2. The molecule has 0 fully saturated rings. The van der Waals surface area contributed by atoms with Crippen LogP contribution in [0, 0.1) is 11.3 Å². The van der Waals surface area contributed by atoms with E-state index in [1.54, 1.807) is 25.6 Å². The van der Waals surface area contributed by atoms with E-state index in [1.165, 1.54) is 16.0 Å². The van der Waals surface area contributed by atoms with Crippen molar-refractivity contribution in [1.82, 2.24) is 4.90 Å². The molecule has 0 spiro atoms. The first-order chi connectivity index (χ1) is 12.3. The summed E-state index contributed by atoms with van der Waals surface area (Å²) in [6, 6.07) is 11.1. The van der Waals surface area contributed by atoms with E-state index in [1.807, 2.05) is 0 Å². The summed E-state index contributed by atoms with van der Waals surface area (Å²) in [6.45, 7) is 2.04. The Morgan fingerprint density at radius 1 is 1.24 bits per heavy atom. The van der Waals surface area contributed by atoms with E-state index >= 15 is 0 Å². The molecule has 5 heteroatoms. The Kier molecular flexibility index (Phi) is 5.95. The summed E-state index contributed by atoms with van der Waals surface area (Å²) in [5.41, 5.74) is 2.65. The van der Waals surface area contributed by atoms with E-state index in [0.29, 0.717) is 6.42 Å². The second-order valence-electron chi connectivity index (χ2n) is 6.23. The summed E-state index contributed by atoms with van der Waals surface area (Å²) >= 11 is 1.80. The molecule has 25 heavy (non-hydrogen) atoms. The molecule has 0 N–H and O–H groups in total. The van der Waals surface area contributed by atoms with Gasteiger partial charge >= 0.3 is 0 Å². The van der Waals surface area contributed by atoms with Gasteiger partial charge in [0.25, 0.3) is 0 Å². The van der Waals surface area contributed by atoms with Gasteiger partial charge in [0.15, 0.2) is 11.5 Å². The number of nitrogens with zero attached hydrogens (tertiary/aromatic N) is 2. The van der Waals surface area contributed by atoms with Crippen LogP contribution < -0.4 is 9.47 Å². The molecule has 0 radical (unpaired) electrons. The van der Waals surface area contributed by atoms with Gasteiger partial charge in [0.1, 0.15) is 0 Å². The highest BCUT2D eigenvalue weighted by molar-refractivity contribution is 7.10. The van der Waals surface area contributed by atoms with Crippen molar-refractivity contribution < 1.29 is 9.47 Å². The van der Waals surface area contributed by atoms with Crippen molar-refractivity contribution in [3.05, 3.63) is 45.6 Å². The summed E-state index contributed by atoms with van der Waals surface area (Å²) in [5, 5.41) is 10.9. The Morgan fingerprint density at radius 2 is 2.04 bits per heavy atom. The van der Waals surface area contributed by atoms with Crippen LogP contribution in [0.4, 0.5) is 0 Å². The molecule has 2 aromatic rings. The lowest BCUT2D eigenvalue weighted by atomic mass is 9.90. The topological polar surface area (TPSA) is 45.5 Å². The van der Waals surface area contributed by atoms with Gasteiger partial charge in [0, 0.05) is 17.8 Å². The van der Waals surface area contributed by atoms with Crippen molar-refractivity contribution in [2.45, 2.75) is 31.7 Å². The molecule has 4 nitrogen and oxygen atoms in total. The Labute approximate surface area is 153 Å². The lowest BCUT2D eigenvalue weighted by molar-refractivity contribution is 0.211. The van der Waals surface area contributed by atoms with Gasteiger partial charge in [0.05, 0.1) is 26.3 Å². The van der Waals surface area contributed by atoms with E-state index in [4.69, 9.17) is 14.7 Å². The van der Waals surface area contributed by atoms with Crippen molar-refractivity contribution in [1.29, 1.82) is 5.26 Å². The molecule has 1 aliphatic heterocycles. The number of fused-ring (bicyclic) bond motifs is 1. The number of methoxy groups -OCH3 is 2. The fourth-order valence-corrected chi connectivity index (χ4v) is 4.41. The maximum Gasteiger partial charge on any atom is 0.161 e. The SMILES string of the molecule is COc1cc2c(cc1OC)[C@@H](c1cccs1)N(CCCCC#N)CC2. The smallest absolute Gasteiger partial charge is 0.161 e. The van der Waals surface area contributed by atoms with Gasteiger partial charge in [0.2, 0.25) is 0 Å². The van der Waals surface area contributed by atoms with Gasteiger partial charge in [-0.1, -0.05) is 6.07 Å². The number of hydrogen-bond donors (Lipinski definition) is 0. The zero-order valence-electron chi connectivity index (χ0n) is 14.8. The van der Waals surface area contributed by atoms with Gasteiger partial charge in [-0.05, 0) is 60.5 Å². The Bertz CT molecular complexity index is 737. The average molecular weight is 356 g/mol. The van der Waals surface area contributed by atoms with Crippen LogP contribution in [-0.4, -0.2) is 32.2 Å². The highest BCUT2D eigenvalue weighted by atomic mass is 32.1. The predicted molar refractivity (Wildman–Crippen MR) is 100 cm³/mol. The third-order valence-corrected chi connectivity index (χ3v) is 5.69. The molecule has 1 aliphatic rings. The van der Waals surface area contributed by atoms with Crippen LogP contribution in [0.15, 0.2) is 29.6 Å². The quantitative estimate of drug-likeness (QED) is 0.690. The lowest BCUT2D eigenvalue weighted by Crippen LogP contribution is -2.36. The average Bonchev–Trinajstić information content (AvgIpc) is 3.17. The maximum atomic E-state index is 8.75. The summed E-state index contributed by atoms with van der Waals surface area (Å²) in [4.78, 5) is 3.89. The van der Waals surface area contributed by atoms with Crippen LogP contribution in [-0.2, 0) is 6.42 Å². The third kappa shape index (κ3) is 3.81. The molecule has 0 aliphatic carbocycles. The number of rotatable bonds is 7. The minimum atomic E-state index is 0.255. The van der Waals surface area contributed by atoms with Crippen LogP contribution in [0.2, 0.25) is 0 Å². The molecule has 2 heterocycles. The largest absolute Gasteiger partial charge is 0.493 e. The molecule has 1 aromatic carbocycles. The molecule has 1 atom stereocenters. The molecule has 0 bridgehead atoms. The minimum absolute atomic E-state index is 0.255. The first kappa shape index (κ1) is 17.8. The normalized spacial score (nSPS) is 16.9. The first-order valence-electron chi connectivity index (χ1n) is 8.67. The Hall–Kier alpha value is -2.03. The summed E-state index contributed by atoms with van der Waals surface area (Å²) in [6.07, 6.45) is 3.66. The number of ether oxygens (including phenoxy) is 2. The van der Waals surface area contributed by atoms with Crippen LogP contribution >= 0.6 is 11.3 Å². The van der Waals surface area contributed by atoms with E-state index in [-0.39, 0.29) is 6.04 Å². The molecule has 132 valence electrons. The molecular formula is C20H24N2O2S. The highest BCUT2D eigenvalue weighted by Crippen LogP contribution is 2.42. The number of hydrogen-bond acceptors (Lipinski definition) is 5. The van der Waals surface area contributed by atoms with Gasteiger partial charge in [-0.15, -0.1) is 11.3 Å². The lowest BCUT2D eigenvalue weighted by Gasteiger charge is -2.37. The van der Waals surface area contributed by atoms with Crippen molar-refractivity contribution >= 4 is 11.3 Å². The van der Waals surface area contributed by atoms with Crippen LogP contribution in [0.5, 0.6) is 11.5 Å². The number of nitriles is 1. The molecular weight excluding hydrogens is 332 g/mol. The minimum Gasteiger partial charge on any atom is -0.493 e. The molecule has 0 saturated heterocycles. The maximum absolute atomic E-state index is 8.75. The van der Waals surface area contributed by atoms with E-state index in [2.05, 4.69) is 40.6 Å². The summed E-state index contributed by atoms with van der Waals surface area (Å²) in [7, 11) is 3.37. The molecule has 0 saturated carbocycles. The predicted octanol–water partition coefficient (Wildman–Crippen LogP) is 4.41. The van der Waals surface area contributed by atoms with Crippen molar-refractivity contribution in [2.24, 2.45) is 0 Å².